The van der Waals surface area contributed by atoms with Crippen LogP contribution in [0, 0.1) is 11.6 Å². The standard InChI is InChI=1S/C11H9F2N3S/c1-14-10-8(12)6-9(13)11(16-10)17-7-2-4-15-5-3-7/h2-6H,1H3,(H,14,16). The van der Waals surface area contributed by atoms with Crippen LogP contribution in [0.25, 0.3) is 0 Å². The molecule has 2 aromatic heterocycles. The highest BCUT2D eigenvalue weighted by atomic mass is 32.2. The molecule has 2 heterocycles. The SMILES string of the molecule is CNc1nc(Sc2ccncc2)c(F)cc1F. The van der Waals surface area contributed by atoms with Crippen molar-refractivity contribution in [1.82, 2.24) is 9.97 Å². The zero-order valence-corrected chi connectivity index (χ0v) is 9.76. The van der Waals surface area contributed by atoms with Gasteiger partial charge < -0.3 is 5.32 Å². The van der Waals surface area contributed by atoms with Crippen LogP contribution in [0.1, 0.15) is 0 Å². The Morgan fingerprint density at radius 1 is 1.18 bits per heavy atom. The molecule has 88 valence electrons. The molecule has 0 aromatic carbocycles. The van der Waals surface area contributed by atoms with Gasteiger partial charge in [-0.15, -0.1) is 0 Å². The molecular formula is C11H9F2N3S. The molecule has 0 radical (unpaired) electrons. The molecule has 0 saturated heterocycles. The molecule has 0 saturated carbocycles. The summed E-state index contributed by atoms with van der Waals surface area (Å²) in [6.07, 6.45) is 3.20. The van der Waals surface area contributed by atoms with Crippen LogP contribution in [0.4, 0.5) is 14.6 Å². The van der Waals surface area contributed by atoms with E-state index in [4.69, 9.17) is 0 Å². The topological polar surface area (TPSA) is 37.8 Å². The van der Waals surface area contributed by atoms with Crippen LogP contribution in [0.15, 0.2) is 40.5 Å². The van der Waals surface area contributed by atoms with Gasteiger partial charge >= 0.3 is 0 Å². The Hall–Kier alpha value is -1.69. The summed E-state index contributed by atoms with van der Waals surface area (Å²) in [6, 6.07) is 4.28. The second-order valence-electron chi connectivity index (χ2n) is 3.14. The van der Waals surface area contributed by atoms with Gasteiger partial charge in [-0.2, -0.15) is 0 Å². The van der Waals surface area contributed by atoms with E-state index in [1.54, 1.807) is 24.5 Å². The minimum Gasteiger partial charge on any atom is -0.371 e. The lowest BCUT2D eigenvalue weighted by Crippen LogP contribution is -1.99. The fraction of sp³-hybridized carbons (Fsp3) is 0.0909. The summed E-state index contributed by atoms with van der Waals surface area (Å²) in [6.45, 7) is 0. The molecule has 17 heavy (non-hydrogen) atoms. The van der Waals surface area contributed by atoms with Gasteiger partial charge in [0.2, 0.25) is 0 Å². The summed E-state index contributed by atoms with van der Waals surface area (Å²) in [5, 5.41) is 2.70. The molecule has 6 heteroatoms. The van der Waals surface area contributed by atoms with Crippen molar-refractivity contribution in [2.45, 2.75) is 9.92 Å². The largest absolute Gasteiger partial charge is 0.371 e. The van der Waals surface area contributed by atoms with Gasteiger partial charge in [-0.1, -0.05) is 11.8 Å². The van der Waals surface area contributed by atoms with E-state index in [2.05, 4.69) is 15.3 Å². The first kappa shape index (κ1) is 11.8. The summed E-state index contributed by atoms with van der Waals surface area (Å²) in [4.78, 5) is 8.52. The van der Waals surface area contributed by atoms with E-state index in [0.717, 1.165) is 22.7 Å². The third kappa shape index (κ3) is 2.71. The lowest BCUT2D eigenvalue weighted by molar-refractivity contribution is 0.551. The van der Waals surface area contributed by atoms with Crippen molar-refractivity contribution in [2.24, 2.45) is 0 Å². The number of hydrogen-bond acceptors (Lipinski definition) is 4. The Morgan fingerprint density at radius 2 is 1.88 bits per heavy atom. The van der Waals surface area contributed by atoms with Crippen molar-refractivity contribution in [3.63, 3.8) is 0 Å². The average Bonchev–Trinajstić information content (AvgIpc) is 2.34. The highest BCUT2D eigenvalue weighted by Crippen LogP contribution is 2.29. The van der Waals surface area contributed by atoms with Gasteiger partial charge in [0.1, 0.15) is 5.03 Å². The van der Waals surface area contributed by atoms with Gasteiger partial charge in [0, 0.05) is 30.4 Å². The van der Waals surface area contributed by atoms with E-state index in [0.29, 0.717) is 0 Å². The summed E-state index contributed by atoms with van der Waals surface area (Å²) in [7, 11) is 1.53. The van der Waals surface area contributed by atoms with E-state index in [1.807, 2.05) is 0 Å². The quantitative estimate of drug-likeness (QED) is 0.912. The number of nitrogens with one attached hydrogen (secondary N) is 1. The molecule has 0 spiro atoms. The minimum atomic E-state index is -0.705. The van der Waals surface area contributed by atoms with E-state index in [1.165, 1.54) is 7.05 Å². The van der Waals surface area contributed by atoms with Gasteiger partial charge in [0.25, 0.3) is 0 Å². The van der Waals surface area contributed by atoms with Crippen molar-refractivity contribution in [1.29, 1.82) is 0 Å². The Balaban J connectivity index is 2.33. The Morgan fingerprint density at radius 3 is 2.53 bits per heavy atom. The van der Waals surface area contributed by atoms with Gasteiger partial charge in [-0.3, -0.25) is 4.98 Å². The third-order valence-electron chi connectivity index (χ3n) is 2.00. The van der Waals surface area contributed by atoms with Gasteiger partial charge in [-0.25, -0.2) is 13.8 Å². The molecular weight excluding hydrogens is 244 g/mol. The third-order valence-corrected chi connectivity index (χ3v) is 2.99. The molecule has 0 bridgehead atoms. The zero-order chi connectivity index (χ0) is 12.3. The predicted molar refractivity (Wildman–Crippen MR) is 62.1 cm³/mol. The number of aromatic nitrogens is 2. The van der Waals surface area contributed by atoms with Crippen molar-refractivity contribution in [2.75, 3.05) is 12.4 Å². The van der Waals surface area contributed by atoms with Crippen LogP contribution in [0.5, 0.6) is 0 Å². The van der Waals surface area contributed by atoms with Gasteiger partial charge in [0.15, 0.2) is 17.5 Å². The van der Waals surface area contributed by atoms with Crippen LogP contribution < -0.4 is 5.32 Å². The van der Waals surface area contributed by atoms with Crippen LogP contribution in [0.3, 0.4) is 0 Å². The Bertz CT molecular complexity index is 520. The molecule has 0 aliphatic carbocycles. The molecule has 3 nitrogen and oxygen atoms in total. The van der Waals surface area contributed by atoms with E-state index in [9.17, 15) is 8.78 Å². The first-order chi connectivity index (χ1) is 8.20. The Kier molecular flexibility index (Phi) is 3.53. The maximum atomic E-state index is 13.5. The Labute approximate surface area is 101 Å². The monoisotopic (exact) mass is 253 g/mol. The second kappa shape index (κ2) is 5.09. The number of halogens is 2. The predicted octanol–water partition coefficient (Wildman–Crippen LogP) is 2.95. The fourth-order valence-electron chi connectivity index (χ4n) is 1.21. The van der Waals surface area contributed by atoms with Gasteiger partial charge in [0.05, 0.1) is 0 Å². The van der Waals surface area contributed by atoms with Crippen molar-refractivity contribution in [3.8, 4) is 0 Å². The van der Waals surface area contributed by atoms with Crippen LogP contribution in [-0.2, 0) is 0 Å². The highest BCUT2D eigenvalue weighted by molar-refractivity contribution is 7.99. The molecule has 0 atom stereocenters. The number of anilines is 1. The number of hydrogen-bond donors (Lipinski definition) is 1. The maximum absolute atomic E-state index is 13.5. The molecule has 0 amide bonds. The van der Waals surface area contributed by atoms with Crippen molar-refractivity contribution >= 4 is 17.6 Å². The van der Waals surface area contributed by atoms with Gasteiger partial charge in [-0.05, 0) is 12.1 Å². The molecule has 1 N–H and O–H groups in total. The second-order valence-corrected chi connectivity index (χ2v) is 4.20. The summed E-state index contributed by atoms with van der Waals surface area (Å²) in [5.74, 6) is -1.35. The van der Waals surface area contributed by atoms with Crippen LogP contribution in [0.2, 0.25) is 0 Å². The summed E-state index contributed by atoms with van der Waals surface area (Å²) in [5.41, 5.74) is 0. The van der Waals surface area contributed by atoms with Crippen molar-refractivity contribution < 1.29 is 8.78 Å². The zero-order valence-electron chi connectivity index (χ0n) is 8.95. The highest BCUT2D eigenvalue weighted by Gasteiger charge is 2.11. The van der Waals surface area contributed by atoms with E-state index < -0.39 is 11.6 Å². The minimum absolute atomic E-state index is 0.0305. The molecule has 0 aliphatic heterocycles. The number of nitrogens with zero attached hydrogens (tertiary/aromatic N) is 2. The summed E-state index contributed by atoms with van der Waals surface area (Å²) < 4.78 is 26.7. The number of pyridine rings is 2. The normalized spacial score (nSPS) is 10.3. The summed E-state index contributed by atoms with van der Waals surface area (Å²) >= 11 is 1.12. The molecule has 0 fully saturated rings. The fourth-order valence-corrected chi connectivity index (χ4v) is 1.99. The molecule has 2 rings (SSSR count). The van der Waals surface area contributed by atoms with Crippen LogP contribution >= 0.6 is 11.8 Å². The first-order valence-electron chi connectivity index (χ1n) is 4.82. The molecule has 0 aliphatic rings. The molecule has 2 aromatic rings. The van der Waals surface area contributed by atoms with E-state index >= 15 is 0 Å². The van der Waals surface area contributed by atoms with E-state index in [-0.39, 0.29) is 10.8 Å². The molecule has 0 unspecified atom stereocenters. The van der Waals surface area contributed by atoms with Crippen LogP contribution in [-0.4, -0.2) is 17.0 Å². The smallest absolute Gasteiger partial charge is 0.168 e. The first-order valence-corrected chi connectivity index (χ1v) is 5.64. The average molecular weight is 253 g/mol. The maximum Gasteiger partial charge on any atom is 0.168 e. The lowest BCUT2D eigenvalue weighted by atomic mass is 10.4. The van der Waals surface area contributed by atoms with Crippen molar-refractivity contribution in [3.05, 3.63) is 42.2 Å². The lowest BCUT2D eigenvalue weighted by Gasteiger charge is -2.06. The number of rotatable bonds is 3.